The third-order valence-corrected chi connectivity index (χ3v) is 10.3. The van der Waals surface area contributed by atoms with Gasteiger partial charge in [0.15, 0.2) is 6.10 Å². The lowest BCUT2D eigenvalue weighted by molar-refractivity contribution is -0.161. The van der Waals surface area contributed by atoms with Crippen molar-refractivity contribution in [3.05, 3.63) is 24.3 Å². The molecule has 0 aromatic heterocycles. The van der Waals surface area contributed by atoms with Crippen LogP contribution in [0.2, 0.25) is 0 Å². The van der Waals surface area contributed by atoms with Crippen molar-refractivity contribution < 1.29 is 37.6 Å². The van der Waals surface area contributed by atoms with Gasteiger partial charge < -0.3 is 20.1 Å². The Balaban J connectivity index is 4.21. The summed E-state index contributed by atoms with van der Waals surface area (Å²) in [6.07, 6.45) is 42.4. The van der Waals surface area contributed by atoms with Gasteiger partial charge in [0.2, 0.25) is 0 Å². The van der Waals surface area contributed by atoms with Gasteiger partial charge in [0.1, 0.15) is 6.61 Å². The summed E-state index contributed by atoms with van der Waals surface area (Å²) in [5.74, 6) is -0.936. The van der Waals surface area contributed by atoms with Crippen LogP contribution in [0.15, 0.2) is 24.3 Å². The zero-order chi connectivity index (χ0) is 38.9. The molecule has 2 atom stereocenters. The highest BCUT2D eigenvalue weighted by Crippen LogP contribution is 2.43. The number of carbonyl (C=O) groups excluding carboxylic acids is 2. The maximum absolute atomic E-state index is 12.5. The van der Waals surface area contributed by atoms with Gasteiger partial charge in [-0.2, -0.15) is 0 Å². The standard InChI is InChI=1S/C43H82NO8P/c1-3-5-7-9-11-13-15-17-19-20-22-24-26-28-30-32-34-36-43(46)52-41(40-51-53(47,48)50-38-37-44)39-49-42(45)35-33-31-29-27-25-23-21-18-16-14-12-10-8-6-4-2/h29-32,41H,3-28,33-40,44H2,1-2H3,(H,47,48)/b31-29-,32-30-. The number of unbranched alkanes of at least 4 members (excludes halogenated alkanes) is 24. The van der Waals surface area contributed by atoms with E-state index in [4.69, 9.17) is 24.3 Å². The molecule has 0 aliphatic heterocycles. The zero-order valence-electron chi connectivity index (χ0n) is 34.3. The van der Waals surface area contributed by atoms with E-state index in [9.17, 15) is 19.0 Å². The van der Waals surface area contributed by atoms with E-state index in [0.29, 0.717) is 12.8 Å². The highest BCUT2D eigenvalue weighted by atomic mass is 31.2. The van der Waals surface area contributed by atoms with Crippen molar-refractivity contribution in [2.24, 2.45) is 5.73 Å². The smallest absolute Gasteiger partial charge is 0.462 e. The van der Waals surface area contributed by atoms with Crippen molar-refractivity contribution >= 4 is 19.8 Å². The van der Waals surface area contributed by atoms with E-state index < -0.39 is 32.5 Å². The highest BCUT2D eigenvalue weighted by molar-refractivity contribution is 7.47. The Morgan fingerprint density at radius 1 is 0.547 bits per heavy atom. The van der Waals surface area contributed by atoms with Gasteiger partial charge in [-0.3, -0.25) is 18.6 Å². The Morgan fingerprint density at radius 3 is 1.34 bits per heavy atom. The lowest BCUT2D eigenvalue weighted by atomic mass is 10.0. The van der Waals surface area contributed by atoms with Gasteiger partial charge in [-0.25, -0.2) is 4.57 Å². The van der Waals surface area contributed by atoms with Crippen LogP contribution in [0.1, 0.15) is 206 Å². The molecule has 2 unspecified atom stereocenters. The Hall–Kier alpha value is -1.51. The first kappa shape index (κ1) is 51.5. The maximum atomic E-state index is 12.5. The third kappa shape index (κ3) is 40.0. The molecule has 53 heavy (non-hydrogen) atoms. The summed E-state index contributed by atoms with van der Waals surface area (Å²) >= 11 is 0. The number of allylic oxidation sites excluding steroid dienone is 4. The molecule has 0 aromatic rings. The maximum Gasteiger partial charge on any atom is 0.472 e. The number of nitrogens with two attached hydrogens (primary N) is 1. The summed E-state index contributed by atoms with van der Waals surface area (Å²) in [7, 11) is -4.39. The van der Waals surface area contributed by atoms with E-state index >= 15 is 0 Å². The van der Waals surface area contributed by atoms with Gasteiger partial charge in [-0.15, -0.1) is 0 Å². The Bertz CT molecular complexity index is 928. The summed E-state index contributed by atoms with van der Waals surface area (Å²) in [6, 6.07) is 0. The van der Waals surface area contributed by atoms with Crippen LogP contribution < -0.4 is 5.73 Å². The lowest BCUT2D eigenvalue weighted by Gasteiger charge is -2.19. The molecule has 0 aliphatic rings. The molecule has 9 nitrogen and oxygen atoms in total. The first-order valence-corrected chi connectivity index (χ1v) is 23.3. The number of phosphoric acid groups is 1. The molecule has 3 N–H and O–H groups in total. The quantitative estimate of drug-likeness (QED) is 0.0269. The highest BCUT2D eigenvalue weighted by Gasteiger charge is 2.25. The minimum absolute atomic E-state index is 0.0462. The summed E-state index contributed by atoms with van der Waals surface area (Å²) in [6.45, 7) is 3.67. The van der Waals surface area contributed by atoms with Crippen LogP contribution in [0.4, 0.5) is 0 Å². The van der Waals surface area contributed by atoms with Crippen LogP contribution in [0.3, 0.4) is 0 Å². The van der Waals surface area contributed by atoms with Crippen LogP contribution >= 0.6 is 7.82 Å². The van der Waals surface area contributed by atoms with Crippen LogP contribution in [0, 0.1) is 0 Å². The average molecular weight is 772 g/mol. The Morgan fingerprint density at radius 2 is 0.925 bits per heavy atom. The minimum atomic E-state index is -4.39. The fourth-order valence-corrected chi connectivity index (χ4v) is 6.85. The fraction of sp³-hybridized carbons (Fsp3) is 0.860. The first-order chi connectivity index (χ1) is 25.8. The number of rotatable bonds is 41. The second kappa shape index (κ2) is 40.2. The second-order valence-electron chi connectivity index (χ2n) is 14.6. The van der Waals surface area contributed by atoms with Crippen molar-refractivity contribution in [1.82, 2.24) is 0 Å². The fourth-order valence-electron chi connectivity index (χ4n) is 6.08. The van der Waals surface area contributed by atoms with Crippen LogP contribution in [-0.4, -0.2) is 49.3 Å². The van der Waals surface area contributed by atoms with Gasteiger partial charge in [-0.05, 0) is 38.5 Å². The number of phosphoric ester groups is 1. The molecule has 312 valence electrons. The summed E-state index contributed by atoms with van der Waals surface area (Å²) in [4.78, 5) is 34.8. The average Bonchev–Trinajstić information content (AvgIpc) is 3.14. The predicted molar refractivity (Wildman–Crippen MR) is 220 cm³/mol. The van der Waals surface area contributed by atoms with Gasteiger partial charge in [0, 0.05) is 19.4 Å². The third-order valence-electron chi connectivity index (χ3n) is 9.34. The van der Waals surface area contributed by atoms with Crippen LogP contribution in [-0.2, 0) is 32.7 Å². The monoisotopic (exact) mass is 772 g/mol. The molecule has 0 saturated heterocycles. The van der Waals surface area contributed by atoms with Gasteiger partial charge in [0.25, 0.3) is 0 Å². The van der Waals surface area contributed by atoms with Gasteiger partial charge in [-0.1, -0.05) is 179 Å². The topological polar surface area (TPSA) is 134 Å². The van der Waals surface area contributed by atoms with Crippen molar-refractivity contribution in [2.75, 3.05) is 26.4 Å². The van der Waals surface area contributed by atoms with E-state index in [1.165, 1.54) is 141 Å². The predicted octanol–water partition coefficient (Wildman–Crippen LogP) is 12.4. The van der Waals surface area contributed by atoms with Crippen LogP contribution in [0.5, 0.6) is 0 Å². The lowest BCUT2D eigenvalue weighted by Crippen LogP contribution is -2.29. The van der Waals surface area contributed by atoms with Gasteiger partial charge >= 0.3 is 19.8 Å². The number of ether oxygens (including phenoxy) is 2. The SMILES string of the molecule is CCCCCCCCCCCCC/C=C\CCC(=O)OCC(COP(=O)(O)OCCN)OC(=O)CC/C=C\CCCCCCCCCCCCCCC. The normalized spacial score (nSPS) is 13.5. The summed E-state index contributed by atoms with van der Waals surface area (Å²) in [5.41, 5.74) is 5.34. The Labute approximate surface area is 325 Å². The van der Waals surface area contributed by atoms with Crippen molar-refractivity contribution in [2.45, 2.75) is 213 Å². The van der Waals surface area contributed by atoms with Crippen molar-refractivity contribution in [1.29, 1.82) is 0 Å². The van der Waals surface area contributed by atoms with E-state index in [1.807, 2.05) is 12.2 Å². The van der Waals surface area contributed by atoms with Gasteiger partial charge in [0.05, 0.1) is 13.2 Å². The molecule has 0 heterocycles. The number of esters is 2. The van der Waals surface area contributed by atoms with E-state index in [1.54, 1.807) is 0 Å². The molecule has 0 amide bonds. The number of carbonyl (C=O) groups is 2. The molecule has 0 bridgehead atoms. The summed E-state index contributed by atoms with van der Waals surface area (Å²) in [5, 5.41) is 0. The molecular weight excluding hydrogens is 689 g/mol. The second-order valence-corrected chi connectivity index (χ2v) is 16.0. The molecule has 0 saturated carbocycles. The largest absolute Gasteiger partial charge is 0.472 e. The molecule has 0 radical (unpaired) electrons. The molecular formula is C43H82NO8P. The van der Waals surface area contributed by atoms with E-state index in [-0.39, 0.29) is 32.6 Å². The molecule has 0 rings (SSSR count). The summed E-state index contributed by atoms with van der Waals surface area (Å²) < 4.78 is 32.7. The molecule has 10 heteroatoms. The van der Waals surface area contributed by atoms with Crippen molar-refractivity contribution in [3.8, 4) is 0 Å². The van der Waals surface area contributed by atoms with E-state index in [2.05, 4.69) is 26.0 Å². The minimum Gasteiger partial charge on any atom is -0.462 e. The Kier molecular flexibility index (Phi) is 39.0. The molecule has 0 aliphatic carbocycles. The zero-order valence-corrected chi connectivity index (χ0v) is 35.2. The number of hydrogen-bond donors (Lipinski definition) is 2. The molecule has 0 spiro atoms. The first-order valence-electron chi connectivity index (χ1n) is 21.8. The number of hydrogen-bond acceptors (Lipinski definition) is 8. The molecule has 0 aromatic carbocycles. The molecule has 0 fully saturated rings. The van der Waals surface area contributed by atoms with Crippen LogP contribution in [0.25, 0.3) is 0 Å². The van der Waals surface area contributed by atoms with E-state index in [0.717, 1.165) is 25.7 Å². The van der Waals surface area contributed by atoms with Crippen molar-refractivity contribution in [3.63, 3.8) is 0 Å².